The normalized spacial score (nSPS) is 12.0. The molecule has 1 N–H and O–H groups in total. The van der Waals surface area contributed by atoms with Crippen molar-refractivity contribution in [1.29, 1.82) is 0 Å². The minimum absolute atomic E-state index is 0.00678. The van der Waals surface area contributed by atoms with Crippen LogP contribution in [0.15, 0.2) is 23.9 Å². The van der Waals surface area contributed by atoms with Gasteiger partial charge in [0.25, 0.3) is 11.7 Å². The highest BCUT2D eigenvalue weighted by Gasteiger charge is 2.19. The van der Waals surface area contributed by atoms with E-state index in [0.29, 0.717) is 17.1 Å². The van der Waals surface area contributed by atoms with Crippen LogP contribution in [-0.4, -0.2) is 29.7 Å². The van der Waals surface area contributed by atoms with Crippen LogP contribution in [0.1, 0.15) is 12.5 Å². The van der Waals surface area contributed by atoms with Crippen LogP contribution in [0.3, 0.4) is 0 Å². The minimum Gasteiger partial charge on any atom is -0.497 e. The first-order chi connectivity index (χ1) is 8.93. The van der Waals surface area contributed by atoms with E-state index in [0.717, 1.165) is 6.92 Å². The van der Waals surface area contributed by atoms with Gasteiger partial charge in [0, 0.05) is 24.6 Å². The Labute approximate surface area is 109 Å². The van der Waals surface area contributed by atoms with Gasteiger partial charge in [0.05, 0.1) is 12.0 Å². The molecule has 7 heteroatoms. The fourth-order valence-electron chi connectivity index (χ4n) is 1.36. The topological polar surface area (TPSA) is 98.9 Å². The van der Waals surface area contributed by atoms with Crippen molar-refractivity contribution in [3.05, 3.63) is 39.6 Å². The summed E-state index contributed by atoms with van der Waals surface area (Å²) in [5, 5.41) is 17.9. The van der Waals surface area contributed by atoms with Crippen molar-refractivity contribution in [3.63, 3.8) is 0 Å². The zero-order valence-electron chi connectivity index (χ0n) is 10.5. The lowest BCUT2D eigenvalue weighted by molar-refractivity contribution is -0.427. The number of benzene rings is 1. The van der Waals surface area contributed by atoms with Crippen LogP contribution in [0.4, 0.5) is 0 Å². The van der Waals surface area contributed by atoms with Crippen molar-refractivity contribution < 1.29 is 24.3 Å². The van der Waals surface area contributed by atoms with E-state index in [1.54, 1.807) is 25.3 Å². The van der Waals surface area contributed by atoms with E-state index in [2.05, 4.69) is 0 Å². The van der Waals surface area contributed by atoms with Gasteiger partial charge in [0.1, 0.15) is 11.5 Å². The maximum atomic E-state index is 10.5. The smallest absolute Gasteiger partial charge is 0.300 e. The highest BCUT2D eigenvalue weighted by atomic mass is 16.6. The van der Waals surface area contributed by atoms with E-state index >= 15 is 0 Å². The lowest BCUT2D eigenvalue weighted by Crippen LogP contribution is -2.13. The Morgan fingerprint density at radius 1 is 1.53 bits per heavy atom. The predicted octanol–water partition coefficient (Wildman–Crippen LogP) is 1.80. The third kappa shape index (κ3) is 4.30. The van der Waals surface area contributed by atoms with E-state index in [1.807, 2.05) is 0 Å². The van der Waals surface area contributed by atoms with Crippen molar-refractivity contribution >= 4 is 12.0 Å². The number of carbonyl (C=O) groups is 1. The molecule has 7 nitrogen and oxygen atoms in total. The molecule has 1 aromatic rings. The molecule has 0 fully saturated rings. The number of nitro groups is 1. The first-order valence-electron chi connectivity index (χ1n) is 5.29. The van der Waals surface area contributed by atoms with Crippen molar-refractivity contribution in [2.45, 2.75) is 6.92 Å². The van der Waals surface area contributed by atoms with E-state index in [4.69, 9.17) is 19.4 Å². The SMILES string of the molecule is CC(=O)O.COc1ccc2c(c1)OCC([N+](=O)[O-])=C2. The second-order valence-electron chi connectivity index (χ2n) is 3.60. The number of methoxy groups -OCH3 is 1. The summed E-state index contributed by atoms with van der Waals surface area (Å²) in [5.74, 6) is 0.451. The molecule has 19 heavy (non-hydrogen) atoms. The number of hydrogen-bond donors (Lipinski definition) is 1. The molecular weight excluding hydrogens is 254 g/mol. The number of carboxylic acid groups (broad SMARTS) is 1. The van der Waals surface area contributed by atoms with Gasteiger partial charge in [0.15, 0.2) is 6.61 Å². The molecule has 1 aliphatic rings. The fraction of sp³-hybridized carbons (Fsp3) is 0.250. The lowest BCUT2D eigenvalue weighted by atomic mass is 10.1. The molecule has 2 rings (SSSR count). The van der Waals surface area contributed by atoms with Crippen molar-refractivity contribution in [1.82, 2.24) is 0 Å². The second kappa shape index (κ2) is 6.39. The minimum atomic E-state index is -0.833. The van der Waals surface area contributed by atoms with Crippen LogP contribution in [0.2, 0.25) is 0 Å². The quantitative estimate of drug-likeness (QED) is 0.647. The molecular formula is C12H13NO6. The van der Waals surface area contributed by atoms with Gasteiger partial charge in [-0.25, -0.2) is 0 Å². The Morgan fingerprint density at radius 2 is 2.16 bits per heavy atom. The Balaban J connectivity index is 0.000000399. The molecule has 1 aliphatic heterocycles. The molecule has 0 saturated heterocycles. The third-order valence-corrected chi connectivity index (χ3v) is 2.15. The molecule has 102 valence electrons. The standard InChI is InChI=1S/C10H9NO4.C2H4O2/c1-14-9-3-2-7-4-8(11(12)13)6-15-10(7)5-9;1-2(3)4/h2-5H,6H2,1H3;1H3,(H,3,4). The number of fused-ring (bicyclic) bond motifs is 1. The van der Waals surface area contributed by atoms with Gasteiger partial charge in [-0.3, -0.25) is 14.9 Å². The average molecular weight is 267 g/mol. The molecule has 1 aromatic carbocycles. The number of ether oxygens (including phenoxy) is 2. The van der Waals surface area contributed by atoms with Crippen LogP contribution < -0.4 is 9.47 Å². The van der Waals surface area contributed by atoms with Crippen LogP contribution in [0.5, 0.6) is 11.5 Å². The number of hydrogen-bond acceptors (Lipinski definition) is 5. The summed E-state index contributed by atoms with van der Waals surface area (Å²) in [7, 11) is 1.56. The number of carboxylic acids is 1. The average Bonchev–Trinajstić information content (AvgIpc) is 2.36. The van der Waals surface area contributed by atoms with Crippen molar-refractivity contribution in [2.24, 2.45) is 0 Å². The highest BCUT2D eigenvalue weighted by Crippen LogP contribution is 2.30. The Morgan fingerprint density at radius 3 is 2.68 bits per heavy atom. The number of rotatable bonds is 2. The van der Waals surface area contributed by atoms with Gasteiger partial charge >= 0.3 is 0 Å². The molecule has 0 amide bonds. The molecule has 0 unspecified atom stereocenters. The van der Waals surface area contributed by atoms with Gasteiger partial charge in [-0.05, 0) is 12.1 Å². The summed E-state index contributed by atoms with van der Waals surface area (Å²) in [6.07, 6.45) is 1.51. The predicted molar refractivity (Wildman–Crippen MR) is 66.8 cm³/mol. The fourth-order valence-corrected chi connectivity index (χ4v) is 1.36. The van der Waals surface area contributed by atoms with Crippen molar-refractivity contribution in [3.8, 4) is 11.5 Å². The zero-order chi connectivity index (χ0) is 14.4. The number of aliphatic carboxylic acids is 1. The van der Waals surface area contributed by atoms with Crippen LogP contribution in [0.25, 0.3) is 6.08 Å². The maximum absolute atomic E-state index is 10.5. The first kappa shape index (κ1) is 14.5. The molecule has 1 heterocycles. The van der Waals surface area contributed by atoms with Crippen molar-refractivity contribution in [2.75, 3.05) is 13.7 Å². The van der Waals surface area contributed by atoms with E-state index < -0.39 is 10.9 Å². The third-order valence-electron chi connectivity index (χ3n) is 2.15. The van der Waals surface area contributed by atoms with E-state index in [9.17, 15) is 10.1 Å². The Bertz CT molecular complexity index is 519. The Hall–Kier alpha value is -2.57. The molecule has 0 atom stereocenters. The highest BCUT2D eigenvalue weighted by molar-refractivity contribution is 5.63. The lowest BCUT2D eigenvalue weighted by Gasteiger charge is -2.13. The molecule has 0 bridgehead atoms. The van der Waals surface area contributed by atoms with Crippen LogP contribution >= 0.6 is 0 Å². The summed E-state index contributed by atoms with van der Waals surface area (Å²) < 4.78 is 10.3. The summed E-state index contributed by atoms with van der Waals surface area (Å²) in [6, 6.07) is 5.18. The maximum Gasteiger partial charge on any atom is 0.300 e. The van der Waals surface area contributed by atoms with Gasteiger partial charge in [-0.2, -0.15) is 0 Å². The summed E-state index contributed by atoms with van der Waals surface area (Å²) in [4.78, 5) is 19.1. The van der Waals surface area contributed by atoms with E-state index in [1.165, 1.54) is 6.08 Å². The summed E-state index contributed by atoms with van der Waals surface area (Å²) in [5.41, 5.74) is 0.765. The molecule has 0 saturated carbocycles. The van der Waals surface area contributed by atoms with Gasteiger partial charge in [-0.15, -0.1) is 0 Å². The molecule has 0 aliphatic carbocycles. The monoisotopic (exact) mass is 267 g/mol. The van der Waals surface area contributed by atoms with Gasteiger partial charge in [0.2, 0.25) is 0 Å². The largest absolute Gasteiger partial charge is 0.497 e. The summed E-state index contributed by atoms with van der Waals surface area (Å²) in [6.45, 7) is 1.08. The van der Waals surface area contributed by atoms with Crippen LogP contribution in [0, 0.1) is 10.1 Å². The number of nitrogens with zero attached hydrogens (tertiary/aromatic N) is 1. The van der Waals surface area contributed by atoms with E-state index in [-0.39, 0.29) is 12.3 Å². The summed E-state index contributed by atoms with van der Waals surface area (Å²) >= 11 is 0. The van der Waals surface area contributed by atoms with Gasteiger partial charge in [-0.1, -0.05) is 0 Å². The zero-order valence-corrected chi connectivity index (χ0v) is 10.5. The molecule has 0 spiro atoms. The molecule has 0 aromatic heterocycles. The van der Waals surface area contributed by atoms with Crippen LogP contribution in [-0.2, 0) is 4.79 Å². The molecule has 0 radical (unpaired) electrons. The van der Waals surface area contributed by atoms with Gasteiger partial charge < -0.3 is 14.6 Å². The second-order valence-corrected chi connectivity index (χ2v) is 3.60. The Kier molecular flexibility index (Phi) is 4.87. The first-order valence-corrected chi connectivity index (χ1v) is 5.29.